The van der Waals surface area contributed by atoms with Crippen LogP contribution < -0.4 is 5.32 Å². The molecule has 0 aliphatic carbocycles. The van der Waals surface area contributed by atoms with E-state index < -0.39 is 4.92 Å². The number of ether oxygens (including phenoxy) is 1. The van der Waals surface area contributed by atoms with Crippen molar-refractivity contribution in [1.29, 1.82) is 0 Å². The first-order valence-corrected chi connectivity index (χ1v) is 7.97. The summed E-state index contributed by atoms with van der Waals surface area (Å²) in [5.74, 6) is 0.523. The van der Waals surface area contributed by atoms with Crippen molar-refractivity contribution in [2.75, 3.05) is 31.3 Å². The molecule has 7 nitrogen and oxygen atoms in total. The fourth-order valence-corrected chi connectivity index (χ4v) is 3.39. The van der Waals surface area contributed by atoms with Gasteiger partial charge in [-0.15, -0.1) is 11.8 Å². The lowest BCUT2D eigenvalue weighted by molar-refractivity contribution is -0.384. The summed E-state index contributed by atoms with van der Waals surface area (Å²) in [5, 5.41) is 13.9. The summed E-state index contributed by atoms with van der Waals surface area (Å²) in [6.07, 6.45) is 0. The molecular weight excluding hydrogens is 326 g/mol. The van der Waals surface area contributed by atoms with Crippen molar-refractivity contribution in [3.8, 4) is 0 Å². The number of benzene rings is 1. The second kappa shape index (κ2) is 7.41. The molecule has 9 heteroatoms. The zero-order valence-electron chi connectivity index (χ0n) is 11.9. The molecule has 1 atom stereocenters. The largest absolute Gasteiger partial charge is 0.468 e. The number of methoxy groups -OCH3 is 1. The van der Waals surface area contributed by atoms with Gasteiger partial charge in [-0.25, -0.2) is 0 Å². The van der Waals surface area contributed by atoms with Gasteiger partial charge >= 0.3 is 5.97 Å². The standard InChI is InChI=1S/C13H15N3O4S2/c1-20-12(17)11-8-15(6-7-22-11)13(21)14-9-2-4-10(5-3-9)16(18)19/h2-5,11H,6-8H2,1H3,(H,14,21)/t11-/m1/s1. The van der Waals surface area contributed by atoms with Gasteiger partial charge in [0, 0.05) is 36.7 Å². The number of non-ortho nitro benzene ring substituents is 1. The molecule has 0 radical (unpaired) electrons. The van der Waals surface area contributed by atoms with E-state index in [0.29, 0.717) is 17.3 Å². The number of nitrogens with one attached hydrogen (secondary N) is 1. The second-order valence-corrected chi connectivity index (χ2v) is 6.26. The molecule has 22 heavy (non-hydrogen) atoms. The van der Waals surface area contributed by atoms with Crippen LogP contribution in [-0.4, -0.2) is 52.1 Å². The molecule has 0 saturated carbocycles. The maximum atomic E-state index is 11.6. The topological polar surface area (TPSA) is 84.7 Å². The number of thiocarbonyl (C=S) groups is 1. The fraction of sp³-hybridized carbons (Fsp3) is 0.385. The number of hydrogen-bond acceptors (Lipinski definition) is 6. The van der Waals surface area contributed by atoms with Crippen LogP contribution in [0.2, 0.25) is 0 Å². The predicted molar refractivity (Wildman–Crippen MR) is 89.2 cm³/mol. The first kappa shape index (κ1) is 16.5. The van der Waals surface area contributed by atoms with Crippen LogP contribution in [0.4, 0.5) is 11.4 Å². The molecule has 1 aromatic rings. The molecule has 1 aromatic carbocycles. The van der Waals surface area contributed by atoms with Gasteiger partial charge in [-0.3, -0.25) is 14.9 Å². The van der Waals surface area contributed by atoms with E-state index in [4.69, 9.17) is 17.0 Å². The Morgan fingerprint density at radius 2 is 2.18 bits per heavy atom. The Kier molecular flexibility index (Phi) is 5.56. The van der Waals surface area contributed by atoms with Gasteiger partial charge in [0.2, 0.25) is 0 Å². The minimum atomic E-state index is -0.453. The average Bonchev–Trinajstić information content (AvgIpc) is 2.54. The Morgan fingerprint density at radius 1 is 1.50 bits per heavy atom. The summed E-state index contributed by atoms with van der Waals surface area (Å²) in [6, 6.07) is 6.02. The lowest BCUT2D eigenvalue weighted by atomic mass is 10.3. The molecule has 0 spiro atoms. The molecule has 1 aliphatic heterocycles. The van der Waals surface area contributed by atoms with Crippen LogP contribution >= 0.6 is 24.0 Å². The first-order valence-electron chi connectivity index (χ1n) is 6.51. The van der Waals surface area contributed by atoms with Crippen molar-refractivity contribution in [3.63, 3.8) is 0 Å². The van der Waals surface area contributed by atoms with Gasteiger partial charge < -0.3 is 15.0 Å². The second-order valence-electron chi connectivity index (χ2n) is 4.56. The van der Waals surface area contributed by atoms with Gasteiger partial charge in [0.05, 0.1) is 12.0 Å². The SMILES string of the molecule is COC(=O)[C@H]1CN(C(=S)Nc2ccc([N+](=O)[O-])cc2)CCS1. The van der Waals surface area contributed by atoms with Crippen LogP contribution in [-0.2, 0) is 9.53 Å². The van der Waals surface area contributed by atoms with E-state index in [1.54, 1.807) is 23.9 Å². The number of carbonyl (C=O) groups excluding carboxylic acids is 1. The Labute approximate surface area is 137 Å². The molecule has 0 amide bonds. The van der Waals surface area contributed by atoms with E-state index in [-0.39, 0.29) is 16.9 Å². The van der Waals surface area contributed by atoms with Crippen molar-refractivity contribution < 1.29 is 14.5 Å². The molecule has 0 aromatic heterocycles. The quantitative estimate of drug-likeness (QED) is 0.386. The highest BCUT2D eigenvalue weighted by molar-refractivity contribution is 8.00. The summed E-state index contributed by atoms with van der Waals surface area (Å²) >= 11 is 6.89. The molecule has 2 rings (SSSR count). The smallest absolute Gasteiger partial charge is 0.320 e. The third-order valence-electron chi connectivity index (χ3n) is 3.15. The van der Waals surface area contributed by atoms with Gasteiger partial charge in [-0.1, -0.05) is 0 Å². The molecule has 1 heterocycles. The first-order chi connectivity index (χ1) is 10.5. The zero-order chi connectivity index (χ0) is 16.1. The van der Waals surface area contributed by atoms with Crippen LogP contribution in [0.1, 0.15) is 0 Å². The molecule has 1 saturated heterocycles. The highest BCUT2D eigenvalue weighted by Gasteiger charge is 2.28. The van der Waals surface area contributed by atoms with Gasteiger partial charge in [0.25, 0.3) is 5.69 Å². The third kappa shape index (κ3) is 4.08. The van der Waals surface area contributed by atoms with Crippen LogP contribution in [0.25, 0.3) is 0 Å². The van der Waals surface area contributed by atoms with Crippen molar-refractivity contribution in [3.05, 3.63) is 34.4 Å². The van der Waals surface area contributed by atoms with Gasteiger partial charge in [0.1, 0.15) is 5.25 Å². The molecule has 118 valence electrons. The van der Waals surface area contributed by atoms with E-state index in [0.717, 1.165) is 12.3 Å². The maximum absolute atomic E-state index is 11.6. The summed E-state index contributed by atoms with van der Waals surface area (Å²) in [7, 11) is 1.37. The van der Waals surface area contributed by atoms with Crippen LogP contribution in [0.15, 0.2) is 24.3 Å². The van der Waals surface area contributed by atoms with E-state index in [1.807, 2.05) is 4.90 Å². The van der Waals surface area contributed by atoms with Gasteiger partial charge in [-0.05, 0) is 24.4 Å². The molecule has 0 bridgehead atoms. The predicted octanol–water partition coefficient (Wildman–Crippen LogP) is 1.88. The minimum Gasteiger partial charge on any atom is -0.468 e. The Balaban J connectivity index is 1.96. The lowest BCUT2D eigenvalue weighted by Crippen LogP contribution is -2.46. The summed E-state index contributed by atoms with van der Waals surface area (Å²) < 4.78 is 4.76. The Bertz CT molecular complexity index is 579. The van der Waals surface area contributed by atoms with Crippen molar-refractivity contribution in [2.24, 2.45) is 0 Å². The number of hydrogen-bond donors (Lipinski definition) is 1. The number of nitro groups is 1. The highest BCUT2D eigenvalue weighted by atomic mass is 32.2. The lowest BCUT2D eigenvalue weighted by Gasteiger charge is -2.32. The molecule has 1 N–H and O–H groups in total. The summed E-state index contributed by atoms with van der Waals surface area (Å²) in [5.41, 5.74) is 0.694. The van der Waals surface area contributed by atoms with Crippen molar-refractivity contribution >= 4 is 46.4 Å². The number of nitro benzene ring substituents is 1. The van der Waals surface area contributed by atoms with E-state index in [2.05, 4.69) is 5.32 Å². The fourth-order valence-electron chi connectivity index (χ4n) is 1.98. The average molecular weight is 341 g/mol. The number of carbonyl (C=O) groups is 1. The maximum Gasteiger partial charge on any atom is 0.320 e. The number of esters is 1. The van der Waals surface area contributed by atoms with E-state index in [9.17, 15) is 14.9 Å². The van der Waals surface area contributed by atoms with Crippen molar-refractivity contribution in [1.82, 2.24) is 4.90 Å². The summed E-state index contributed by atoms with van der Waals surface area (Å²) in [4.78, 5) is 23.7. The third-order valence-corrected chi connectivity index (χ3v) is 4.67. The van der Waals surface area contributed by atoms with Crippen LogP contribution in [0, 0.1) is 10.1 Å². The monoisotopic (exact) mass is 341 g/mol. The number of thioether (sulfide) groups is 1. The molecular formula is C13H15N3O4S2. The van der Waals surface area contributed by atoms with E-state index in [1.165, 1.54) is 19.2 Å². The zero-order valence-corrected chi connectivity index (χ0v) is 13.5. The number of anilines is 1. The normalized spacial score (nSPS) is 17.7. The van der Waals surface area contributed by atoms with Crippen molar-refractivity contribution in [2.45, 2.75) is 5.25 Å². The highest BCUT2D eigenvalue weighted by Crippen LogP contribution is 2.21. The molecule has 0 unspecified atom stereocenters. The Hall–Kier alpha value is -1.87. The van der Waals surface area contributed by atoms with Gasteiger partial charge in [0.15, 0.2) is 5.11 Å². The number of rotatable bonds is 3. The van der Waals surface area contributed by atoms with E-state index >= 15 is 0 Å². The Morgan fingerprint density at radius 3 is 2.77 bits per heavy atom. The van der Waals surface area contributed by atoms with Crippen LogP contribution in [0.5, 0.6) is 0 Å². The molecule has 1 fully saturated rings. The van der Waals surface area contributed by atoms with Crippen LogP contribution in [0.3, 0.4) is 0 Å². The molecule has 1 aliphatic rings. The summed E-state index contributed by atoms with van der Waals surface area (Å²) in [6.45, 7) is 1.22. The minimum absolute atomic E-state index is 0.0246. The van der Waals surface area contributed by atoms with Gasteiger partial charge in [-0.2, -0.15) is 0 Å². The number of nitrogens with zero attached hydrogens (tertiary/aromatic N) is 2.